The minimum absolute atomic E-state index is 0.298. The number of hydrogen-bond acceptors (Lipinski definition) is 7. The van der Waals surface area contributed by atoms with Gasteiger partial charge in [-0.1, -0.05) is 0 Å². The van der Waals surface area contributed by atoms with Crippen LogP contribution >= 0.6 is 11.3 Å². The van der Waals surface area contributed by atoms with Crippen molar-refractivity contribution in [2.24, 2.45) is 0 Å². The van der Waals surface area contributed by atoms with Crippen LogP contribution < -0.4 is 4.90 Å². The molecule has 0 unspecified atom stereocenters. The normalized spacial score (nSPS) is 15.2. The number of hydrogen-bond donors (Lipinski definition) is 0. The molecule has 4 heterocycles. The third kappa shape index (κ3) is 2.55. The summed E-state index contributed by atoms with van der Waals surface area (Å²) in [5.74, 6) is 1.32. The molecule has 0 radical (unpaired) electrons. The highest BCUT2D eigenvalue weighted by molar-refractivity contribution is 7.17. The molecule has 1 saturated heterocycles. The van der Waals surface area contributed by atoms with Crippen LogP contribution in [0.4, 0.5) is 11.7 Å². The Morgan fingerprint density at radius 1 is 1.17 bits per heavy atom. The molecule has 1 aliphatic heterocycles. The number of rotatable bonds is 3. The Kier molecular flexibility index (Phi) is 3.45. The number of furan rings is 1. The molecule has 0 bridgehead atoms. The van der Waals surface area contributed by atoms with E-state index in [0.717, 1.165) is 42.0 Å². The van der Waals surface area contributed by atoms with Crippen LogP contribution in [0.25, 0.3) is 21.8 Å². The summed E-state index contributed by atoms with van der Waals surface area (Å²) in [7, 11) is 0. The molecule has 0 N–H and O–H groups in total. The number of anilines is 1. The van der Waals surface area contributed by atoms with Crippen molar-refractivity contribution in [3.8, 4) is 11.6 Å². The second kappa shape index (κ2) is 5.62. The van der Waals surface area contributed by atoms with E-state index in [2.05, 4.69) is 14.9 Å². The summed E-state index contributed by atoms with van der Waals surface area (Å²) >= 11 is 1.62. The lowest BCUT2D eigenvalue weighted by Gasteiger charge is -2.28. The average Bonchev–Trinajstić information content (AvgIpc) is 3.23. The van der Waals surface area contributed by atoms with Crippen molar-refractivity contribution >= 4 is 33.3 Å². The zero-order valence-corrected chi connectivity index (χ0v) is 13.1. The van der Waals surface area contributed by atoms with E-state index in [-0.39, 0.29) is 5.88 Å². The molecule has 23 heavy (non-hydrogen) atoms. The van der Waals surface area contributed by atoms with Gasteiger partial charge in [-0.05, 0) is 36.8 Å². The first kappa shape index (κ1) is 14.1. The van der Waals surface area contributed by atoms with E-state index in [1.54, 1.807) is 17.4 Å². The van der Waals surface area contributed by atoms with Crippen molar-refractivity contribution in [3.05, 3.63) is 33.7 Å². The summed E-state index contributed by atoms with van der Waals surface area (Å²) in [5.41, 5.74) is 0.847. The van der Waals surface area contributed by atoms with E-state index in [1.807, 2.05) is 11.4 Å². The monoisotopic (exact) mass is 330 g/mol. The fourth-order valence-corrected chi connectivity index (χ4v) is 3.67. The Morgan fingerprint density at radius 2 is 2.00 bits per heavy atom. The highest BCUT2D eigenvalue weighted by atomic mass is 32.1. The molecular formula is C15H14N4O3S. The standard InChI is InChI=1S/C15H14N4O3S/c20-19(21)12-5-4-11(22-12)14-16-10-6-9-23-13(10)15(17-14)18-7-2-1-3-8-18/h4-6,9H,1-3,7-8H2. The Morgan fingerprint density at radius 3 is 2.74 bits per heavy atom. The minimum atomic E-state index is -0.557. The van der Waals surface area contributed by atoms with Crippen LogP contribution in [0.3, 0.4) is 0 Å². The molecule has 1 aliphatic rings. The predicted molar refractivity (Wildman–Crippen MR) is 87.8 cm³/mol. The molecule has 0 aromatic carbocycles. The fourth-order valence-electron chi connectivity index (χ4n) is 2.82. The number of thiophene rings is 1. The largest absolute Gasteiger partial charge is 0.433 e. The van der Waals surface area contributed by atoms with Gasteiger partial charge >= 0.3 is 5.88 Å². The molecule has 7 nitrogen and oxygen atoms in total. The van der Waals surface area contributed by atoms with Crippen LogP contribution in [-0.4, -0.2) is 28.0 Å². The van der Waals surface area contributed by atoms with Gasteiger partial charge in [0.25, 0.3) is 0 Å². The maximum Gasteiger partial charge on any atom is 0.433 e. The van der Waals surface area contributed by atoms with E-state index in [4.69, 9.17) is 4.42 Å². The molecule has 3 aromatic rings. The molecule has 0 atom stereocenters. The Hall–Kier alpha value is -2.48. The summed E-state index contributed by atoms with van der Waals surface area (Å²) in [6, 6.07) is 4.82. The van der Waals surface area contributed by atoms with Gasteiger partial charge in [-0.3, -0.25) is 10.1 Å². The first-order valence-electron chi connectivity index (χ1n) is 7.47. The Bertz CT molecular complexity index is 867. The van der Waals surface area contributed by atoms with Gasteiger partial charge in [0.2, 0.25) is 0 Å². The van der Waals surface area contributed by atoms with E-state index >= 15 is 0 Å². The molecular weight excluding hydrogens is 316 g/mol. The van der Waals surface area contributed by atoms with Gasteiger partial charge in [-0.15, -0.1) is 11.3 Å². The minimum Gasteiger partial charge on any atom is -0.397 e. The SMILES string of the molecule is O=[N+]([O-])c1ccc(-c2nc(N3CCCCC3)c3sccc3n2)o1. The Labute approximate surface area is 135 Å². The summed E-state index contributed by atoms with van der Waals surface area (Å²) in [4.78, 5) is 21.6. The van der Waals surface area contributed by atoms with Gasteiger partial charge in [0.1, 0.15) is 4.92 Å². The third-order valence-corrected chi connectivity index (χ3v) is 4.83. The zero-order chi connectivity index (χ0) is 15.8. The van der Waals surface area contributed by atoms with Crippen molar-refractivity contribution < 1.29 is 9.34 Å². The maximum atomic E-state index is 10.8. The zero-order valence-electron chi connectivity index (χ0n) is 12.3. The number of nitro groups is 1. The molecule has 0 amide bonds. The van der Waals surface area contributed by atoms with Crippen LogP contribution in [0.2, 0.25) is 0 Å². The van der Waals surface area contributed by atoms with Crippen molar-refractivity contribution in [2.75, 3.05) is 18.0 Å². The molecule has 118 valence electrons. The van der Waals surface area contributed by atoms with E-state index in [0.29, 0.717) is 11.6 Å². The van der Waals surface area contributed by atoms with Gasteiger partial charge in [0.05, 0.1) is 16.3 Å². The number of fused-ring (bicyclic) bond motifs is 1. The van der Waals surface area contributed by atoms with Crippen molar-refractivity contribution in [3.63, 3.8) is 0 Å². The second-order valence-electron chi connectivity index (χ2n) is 5.45. The van der Waals surface area contributed by atoms with Crippen molar-refractivity contribution in [1.29, 1.82) is 0 Å². The number of aromatic nitrogens is 2. The van der Waals surface area contributed by atoms with Crippen LogP contribution in [0.1, 0.15) is 19.3 Å². The molecule has 8 heteroatoms. The lowest BCUT2D eigenvalue weighted by molar-refractivity contribution is -0.401. The average molecular weight is 330 g/mol. The molecule has 0 spiro atoms. The predicted octanol–water partition coefficient (Wildman–Crippen LogP) is 3.85. The topological polar surface area (TPSA) is 85.3 Å². The molecule has 0 aliphatic carbocycles. The molecule has 4 rings (SSSR count). The van der Waals surface area contributed by atoms with Gasteiger partial charge in [0.15, 0.2) is 17.4 Å². The smallest absolute Gasteiger partial charge is 0.397 e. The summed E-state index contributed by atoms with van der Waals surface area (Å²) in [6.07, 6.45) is 3.54. The van der Waals surface area contributed by atoms with E-state index in [9.17, 15) is 10.1 Å². The van der Waals surface area contributed by atoms with E-state index < -0.39 is 4.92 Å². The van der Waals surface area contributed by atoms with Crippen LogP contribution in [-0.2, 0) is 0 Å². The first-order chi connectivity index (χ1) is 11.2. The van der Waals surface area contributed by atoms with Crippen molar-refractivity contribution in [1.82, 2.24) is 9.97 Å². The lowest BCUT2D eigenvalue weighted by atomic mass is 10.1. The first-order valence-corrected chi connectivity index (χ1v) is 8.35. The fraction of sp³-hybridized carbons (Fsp3) is 0.333. The molecule has 3 aromatic heterocycles. The highest BCUT2D eigenvalue weighted by Gasteiger charge is 2.21. The van der Waals surface area contributed by atoms with Crippen LogP contribution in [0, 0.1) is 10.1 Å². The summed E-state index contributed by atoms with van der Waals surface area (Å²) in [6.45, 7) is 1.95. The van der Waals surface area contributed by atoms with Crippen molar-refractivity contribution in [2.45, 2.75) is 19.3 Å². The second-order valence-corrected chi connectivity index (χ2v) is 6.36. The van der Waals surface area contributed by atoms with Gasteiger partial charge in [0, 0.05) is 13.1 Å². The molecule has 0 saturated carbocycles. The van der Waals surface area contributed by atoms with Crippen LogP contribution in [0.15, 0.2) is 28.0 Å². The lowest BCUT2D eigenvalue weighted by Crippen LogP contribution is -2.30. The Balaban J connectivity index is 1.82. The van der Waals surface area contributed by atoms with Gasteiger partial charge in [-0.2, -0.15) is 0 Å². The highest BCUT2D eigenvalue weighted by Crippen LogP contribution is 2.33. The quantitative estimate of drug-likeness (QED) is 0.535. The number of nitrogens with zero attached hydrogens (tertiary/aromatic N) is 4. The maximum absolute atomic E-state index is 10.8. The van der Waals surface area contributed by atoms with Crippen LogP contribution in [0.5, 0.6) is 0 Å². The van der Waals surface area contributed by atoms with E-state index in [1.165, 1.54) is 12.5 Å². The summed E-state index contributed by atoms with van der Waals surface area (Å²) in [5, 5.41) is 12.8. The van der Waals surface area contributed by atoms with Gasteiger partial charge < -0.3 is 9.32 Å². The third-order valence-electron chi connectivity index (χ3n) is 3.93. The molecule has 1 fully saturated rings. The van der Waals surface area contributed by atoms with Gasteiger partial charge in [-0.25, -0.2) is 9.97 Å². The summed E-state index contributed by atoms with van der Waals surface area (Å²) < 4.78 is 6.31. The number of piperidine rings is 1.